The fraction of sp³-hybridized carbons (Fsp3) is 0.222. The molecule has 1 N–H and O–H groups in total. The summed E-state index contributed by atoms with van der Waals surface area (Å²) in [4.78, 5) is 15.6. The second kappa shape index (κ2) is 8.31. The van der Waals surface area contributed by atoms with Crippen molar-refractivity contribution in [2.45, 2.75) is 34.3 Å². The summed E-state index contributed by atoms with van der Waals surface area (Å²) in [7, 11) is 0. The molecule has 1 aromatic heterocycles. The monoisotopic (exact) mass is 413 g/mol. The molecule has 4 rings (SSSR count). The molecule has 31 heavy (non-hydrogen) atoms. The molecule has 4 aromatic rings. The summed E-state index contributed by atoms with van der Waals surface area (Å²) in [6, 6.07) is 23.9. The molecule has 0 atom stereocenters. The lowest BCUT2D eigenvalue weighted by molar-refractivity contribution is -0.142. The fourth-order valence-electron chi connectivity index (χ4n) is 3.37. The zero-order chi connectivity index (χ0) is 22.0. The number of esters is 1. The molecule has 0 unspecified atom stereocenters. The predicted octanol–water partition coefficient (Wildman–Crippen LogP) is 6.67. The van der Waals surface area contributed by atoms with Gasteiger partial charge in [-0.3, -0.25) is 4.79 Å². The van der Waals surface area contributed by atoms with Gasteiger partial charge in [0.05, 0.1) is 5.41 Å². The number of H-pyrrole nitrogens is 1. The Kier molecular flexibility index (Phi) is 5.55. The summed E-state index contributed by atoms with van der Waals surface area (Å²) in [5, 5.41) is 1.13. The third-order valence-electron chi connectivity index (χ3n) is 5.24. The third kappa shape index (κ3) is 4.64. The lowest BCUT2D eigenvalue weighted by Crippen LogP contribution is -2.25. The van der Waals surface area contributed by atoms with Crippen LogP contribution in [0.1, 0.15) is 31.9 Å². The van der Waals surface area contributed by atoms with E-state index >= 15 is 0 Å². The number of carbonyl (C=O) groups is 1. The average Bonchev–Trinajstić information content (AvgIpc) is 3.09. The van der Waals surface area contributed by atoms with Gasteiger partial charge in [0.2, 0.25) is 0 Å². The molecule has 3 aromatic carbocycles. The Hall–Kier alpha value is -3.53. The number of nitrogens with one attached hydrogen (secondary N) is 1. The van der Waals surface area contributed by atoms with Crippen molar-refractivity contribution < 1.29 is 14.3 Å². The van der Waals surface area contributed by atoms with E-state index in [1.165, 1.54) is 0 Å². The molecule has 0 saturated carbocycles. The van der Waals surface area contributed by atoms with E-state index in [-0.39, 0.29) is 5.97 Å². The molecule has 1 heterocycles. The summed E-state index contributed by atoms with van der Waals surface area (Å²) < 4.78 is 11.5. The molecule has 0 aliphatic heterocycles. The number of fused-ring (bicyclic) bond motifs is 1. The maximum absolute atomic E-state index is 12.1. The summed E-state index contributed by atoms with van der Waals surface area (Å²) >= 11 is 0. The van der Waals surface area contributed by atoms with Gasteiger partial charge in [0, 0.05) is 16.6 Å². The highest BCUT2D eigenvalue weighted by molar-refractivity contribution is 5.91. The van der Waals surface area contributed by atoms with Crippen LogP contribution in [0, 0.1) is 12.3 Å². The van der Waals surface area contributed by atoms with Crippen molar-refractivity contribution in [2.24, 2.45) is 5.41 Å². The Morgan fingerprint density at radius 1 is 0.903 bits per heavy atom. The molecule has 0 amide bonds. The third-order valence-corrected chi connectivity index (χ3v) is 5.24. The zero-order valence-corrected chi connectivity index (χ0v) is 18.4. The van der Waals surface area contributed by atoms with Crippen molar-refractivity contribution in [1.29, 1.82) is 0 Å². The first-order valence-electron chi connectivity index (χ1n) is 10.4. The van der Waals surface area contributed by atoms with Gasteiger partial charge in [-0.2, -0.15) is 0 Å². The summed E-state index contributed by atoms with van der Waals surface area (Å²) in [6.07, 6.45) is 0. The van der Waals surface area contributed by atoms with Gasteiger partial charge in [-0.25, -0.2) is 0 Å². The lowest BCUT2D eigenvalue weighted by atomic mass is 9.97. The number of hydrogen-bond donors (Lipinski definition) is 1. The van der Waals surface area contributed by atoms with E-state index in [1.54, 1.807) is 0 Å². The number of ether oxygens (including phenoxy) is 2. The van der Waals surface area contributed by atoms with E-state index in [4.69, 9.17) is 9.47 Å². The van der Waals surface area contributed by atoms with Crippen molar-refractivity contribution in [2.75, 3.05) is 0 Å². The van der Waals surface area contributed by atoms with Gasteiger partial charge < -0.3 is 14.5 Å². The van der Waals surface area contributed by atoms with E-state index in [9.17, 15) is 4.79 Å². The molecule has 0 saturated heterocycles. The number of aryl methyl sites for hydroxylation is 1. The highest BCUT2D eigenvalue weighted by atomic mass is 16.5. The van der Waals surface area contributed by atoms with Gasteiger partial charge in [-0.05, 0) is 86.8 Å². The van der Waals surface area contributed by atoms with Crippen LogP contribution < -0.4 is 9.47 Å². The second-order valence-electron chi connectivity index (χ2n) is 8.77. The molecule has 0 aliphatic carbocycles. The summed E-state index contributed by atoms with van der Waals surface area (Å²) in [5.74, 6) is 1.15. The Balaban J connectivity index is 1.54. The van der Waals surface area contributed by atoms with Gasteiger partial charge in [-0.1, -0.05) is 30.3 Å². The fourth-order valence-corrected chi connectivity index (χ4v) is 3.37. The number of aromatic amines is 1. The largest absolute Gasteiger partial charge is 0.489 e. The lowest BCUT2D eigenvalue weighted by Gasteiger charge is -2.16. The minimum Gasteiger partial charge on any atom is -0.489 e. The van der Waals surface area contributed by atoms with Crippen molar-refractivity contribution in [3.8, 4) is 22.8 Å². The van der Waals surface area contributed by atoms with E-state index in [1.807, 2.05) is 75.4 Å². The molecule has 0 radical (unpaired) electrons. The first-order chi connectivity index (χ1) is 14.8. The number of benzene rings is 3. The molecule has 0 aliphatic rings. The highest BCUT2D eigenvalue weighted by Gasteiger charge is 2.23. The second-order valence-corrected chi connectivity index (χ2v) is 8.77. The van der Waals surface area contributed by atoms with Crippen molar-refractivity contribution >= 4 is 16.9 Å². The molecular weight excluding hydrogens is 386 g/mol. The molecular formula is C27H27NO3. The maximum Gasteiger partial charge on any atom is 0.316 e. The topological polar surface area (TPSA) is 51.3 Å². The van der Waals surface area contributed by atoms with Crippen molar-refractivity contribution in [1.82, 2.24) is 4.98 Å². The van der Waals surface area contributed by atoms with Crippen LogP contribution in [0.4, 0.5) is 0 Å². The number of carbonyl (C=O) groups excluding carboxylic acids is 1. The van der Waals surface area contributed by atoms with Crippen LogP contribution in [-0.2, 0) is 11.4 Å². The minimum absolute atomic E-state index is 0.245. The van der Waals surface area contributed by atoms with Crippen LogP contribution in [-0.4, -0.2) is 11.0 Å². The normalized spacial score (nSPS) is 11.5. The SMILES string of the molecule is Cc1c(-c2ccc(OC(=O)C(C)(C)C)cc2)[nH]c2ccc(OCc3ccccc3)cc12. The van der Waals surface area contributed by atoms with Crippen molar-refractivity contribution in [3.05, 3.63) is 83.9 Å². The standard InChI is InChI=1S/C27H27NO3/c1-18-23-16-22(30-17-19-8-6-5-7-9-19)14-15-24(23)28-25(18)20-10-12-21(13-11-20)31-26(29)27(2,3)4/h5-16,28H,17H2,1-4H3. The smallest absolute Gasteiger partial charge is 0.316 e. The number of rotatable bonds is 5. The Labute approximate surface area is 182 Å². The zero-order valence-electron chi connectivity index (χ0n) is 18.4. The van der Waals surface area contributed by atoms with Gasteiger partial charge in [0.15, 0.2) is 0 Å². The average molecular weight is 414 g/mol. The molecule has 4 heteroatoms. The molecule has 158 valence electrons. The van der Waals surface area contributed by atoms with Crippen LogP contribution in [0.25, 0.3) is 22.2 Å². The molecule has 4 nitrogen and oxygen atoms in total. The Morgan fingerprint density at radius 3 is 2.26 bits per heavy atom. The van der Waals surface area contributed by atoms with Gasteiger partial charge >= 0.3 is 5.97 Å². The van der Waals surface area contributed by atoms with E-state index in [0.717, 1.165) is 39.0 Å². The molecule has 0 fully saturated rings. The van der Waals surface area contributed by atoms with Gasteiger partial charge in [0.1, 0.15) is 18.1 Å². The maximum atomic E-state index is 12.1. The van der Waals surface area contributed by atoms with E-state index in [2.05, 4.69) is 30.1 Å². The van der Waals surface area contributed by atoms with Crippen molar-refractivity contribution in [3.63, 3.8) is 0 Å². The van der Waals surface area contributed by atoms with Gasteiger partial charge in [-0.15, -0.1) is 0 Å². The first-order valence-corrected chi connectivity index (χ1v) is 10.4. The van der Waals surface area contributed by atoms with Crippen LogP contribution >= 0.6 is 0 Å². The van der Waals surface area contributed by atoms with E-state index < -0.39 is 5.41 Å². The number of aromatic nitrogens is 1. The minimum atomic E-state index is -0.535. The number of hydrogen-bond acceptors (Lipinski definition) is 3. The Morgan fingerprint density at radius 2 is 1.58 bits per heavy atom. The first kappa shape index (κ1) is 20.7. The quantitative estimate of drug-likeness (QED) is 0.293. The van der Waals surface area contributed by atoms with Gasteiger partial charge in [0.25, 0.3) is 0 Å². The van der Waals surface area contributed by atoms with Crippen LogP contribution in [0.15, 0.2) is 72.8 Å². The van der Waals surface area contributed by atoms with E-state index in [0.29, 0.717) is 12.4 Å². The van der Waals surface area contributed by atoms with Crippen LogP contribution in [0.3, 0.4) is 0 Å². The summed E-state index contributed by atoms with van der Waals surface area (Å²) in [5.41, 5.74) is 4.90. The summed E-state index contributed by atoms with van der Waals surface area (Å²) in [6.45, 7) is 8.17. The van der Waals surface area contributed by atoms with Crippen LogP contribution in [0.5, 0.6) is 11.5 Å². The highest BCUT2D eigenvalue weighted by Crippen LogP contribution is 2.33. The molecule has 0 spiro atoms. The predicted molar refractivity (Wildman–Crippen MR) is 124 cm³/mol. The molecule has 0 bridgehead atoms. The Bertz CT molecular complexity index is 1200. The van der Waals surface area contributed by atoms with Crippen LogP contribution in [0.2, 0.25) is 0 Å².